The highest BCUT2D eigenvalue weighted by Crippen LogP contribution is 2.42. The largest absolute Gasteiger partial charge is 0.507 e. The first-order valence-electron chi connectivity index (χ1n) is 10.7. The second kappa shape index (κ2) is 8.48. The molecule has 1 N–H and O–H groups in total. The van der Waals surface area contributed by atoms with Gasteiger partial charge in [0, 0.05) is 11.3 Å². The predicted molar refractivity (Wildman–Crippen MR) is 128 cm³/mol. The molecule has 4 aromatic rings. The Labute approximate surface area is 195 Å². The summed E-state index contributed by atoms with van der Waals surface area (Å²) in [6, 6.07) is 24.3. The van der Waals surface area contributed by atoms with E-state index in [1.54, 1.807) is 43.5 Å². The van der Waals surface area contributed by atoms with Crippen LogP contribution in [-0.2, 0) is 9.59 Å². The molecule has 0 aliphatic carbocycles. The molecule has 1 saturated heterocycles. The molecule has 0 bridgehead atoms. The molecule has 0 radical (unpaired) electrons. The first kappa shape index (κ1) is 21.4. The highest BCUT2D eigenvalue weighted by atomic mass is 19.1. The molecular weight excluding hydrogens is 433 g/mol. The summed E-state index contributed by atoms with van der Waals surface area (Å²) in [5.74, 6) is -1.73. The van der Waals surface area contributed by atoms with Crippen LogP contribution in [0.1, 0.15) is 17.2 Å². The van der Waals surface area contributed by atoms with Crippen molar-refractivity contribution in [2.24, 2.45) is 0 Å². The van der Waals surface area contributed by atoms with Crippen molar-refractivity contribution in [2.75, 3.05) is 12.0 Å². The lowest BCUT2D eigenvalue weighted by molar-refractivity contribution is -0.132. The number of ether oxygens (including phenoxy) is 1. The van der Waals surface area contributed by atoms with Gasteiger partial charge >= 0.3 is 0 Å². The smallest absolute Gasteiger partial charge is 0.300 e. The number of anilines is 1. The quantitative estimate of drug-likeness (QED) is 0.248. The van der Waals surface area contributed by atoms with E-state index in [9.17, 15) is 19.1 Å². The van der Waals surface area contributed by atoms with Crippen molar-refractivity contribution >= 4 is 33.9 Å². The van der Waals surface area contributed by atoms with Gasteiger partial charge in [-0.25, -0.2) is 4.39 Å². The van der Waals surface area contributed by atoms with Crippen molar-refractivity contribution in [3.63, 3.8) is 0 Å². The number of amides is 1. The zero-order valence-electron chi connectivity index (χ0n) is 18.2. The van der Waals surface area contributed by atoms with E-state index in [4.69, 9.17) is 4.74 Å². The van der Waals surface area contributed by atoms with Gasteiger partial charge in [-0.3, -0.25) is 14.5 Å². The van der Waals surface area contributed by atoms with E-state index in [2.05, 4.69) is 0 Å². The van der Waals surface area contributed by atoms with E-state index in [1.165, 1.54) is 29.2 Å². The maximum atomic E-state index is 13.6. The number of fused-ring (bicyclic) bond motifs is 1. The van der Waals surface area contributed by atoms with E-state index in [1.807, 2.05) is 30.3 Å². The Bertz CT molecular complexity index is 1440. The summed E-state index contributed by atoms with van der Waals surface area (Å²) >= 11 is 0. The lowest BCUT2D eigenvalue weighted by Gasteiger charge is -2.25. The molecule has 5 nitrogen and oxygen atoms in total. The second-order valence-electron chi connectivity index (χ2n) is 7.98. The average Bonchev–Trinajstić information content (AvgIpc) is 3.14. The summed E-state index contributed by atoms with van der Waals surface area (Å²) < 4.78 is 18.8. The predicted octanol–water partition coefficient (Wildman–Crippen LogP) is 5.61. The van der Waals surface area contributed by atoms with Crippen LogP contribution in [0.5, 0.6) is 5.75 Å². The average molecular weight is 453 g/mol. The van der Waals surface area contributed by atoms with Crippen molar-refractivity contribution in [1.29, 1.82) is 0 Å². The maximum absolute atomic E-state index is 13.6. The van der Waals surface area contributed by atoms with Gasteiger partial charge in [0.2, 0.25) is 0 Å². The number of aliphatic hydroxyl groups is 1. The Morgan fingerprint density at radius 1 is 0.882 bits per heavy atom. The standard InChI is InChI=1S/C28H20FNO4/c1-34-23-14-8-18(9-15-23)25-24(26(31)20-7-6-17-4-2-3-5-19(17)16-20)27(32)28(33)30(25)22-12-10-21(29)11-13-22/h2-16,25,31H,1H3/b26-24-. The van der Waals surface area contributed by atoms with E-state index in [-0.39, 0.29) is 11.3 Å². The Balaban J connectivity index is 1.71. The Hall–Kier alpha value is -4.45. The minimum Gasteiger partial charge on any atom is -0.507 e. The molecule has 6 heteroatoms. The van der Waals surface area contributed by atoms with Gasteiger partial charge in [-0.1, -0.05) is 48.5 Å². The van der Waals surface area contributed by atoms with Crippen LogP contribution >= 0.6 is 0 Å². The lowest BCUT2D eigenvalue weighted by Crippen LogP contribution is -2.29. The van der Waals surface area contributed by atoms with Gasteiger partial charge in [-0.15, -0.1) is 0 Å². The van der Waals surface area contributed by atoms with Gasteiger partial charge < -0.3 is 9.84 Å². The number of benzene rings is 4. The van der Waals surface area contributed by atoms with E-state index >= 15 is 0 Å². The highest BCUT2D eigenvalue weighted by molar-refractivity contribution is 6.51. The Morgan fingerprint density at radius 3 is 2.24 bits per heavy atom. The summed E-state index contributed by atoms with van der Waals surface area (Å²) in [6.07, 6.45) is 0. The molecule has 4 aromatic carbocycles. The third-order valence-electron chi connectivity index (χ3n) is 6.00. The minimum atomic E-state index is -0.900. The van der Waals surface area contributed by atoms with E-state index < -0.39 is 23.5 Å². The summed E-state index contributed by atoms with van der Waals surface area (Å²) in [6.45, 7) is 0. The minimum absolute atomic E-state index is 0.0326. The lowest BCUT2D eigenvalue weighted by atomic mass is 9.94. The van der Waals surface area contributed by atoms with Crippen LogP contribution in [0.3, 0.4) is 0 Å². The third-order valence-corrected chi connectivity index (χ3v) is 6.00. The molecule has 1 aliphatic rings. The van der Waals surface area contributed by atoms with E-state index in [0.717, 1.165) is 10.8 Å². The SMILES string of the molecule is COc1ccc(C2/C(=C(/O)c3ccc4ccccc4c3)C(=O)C(=O)N2c2ccc(F)cc2)cc1. The fraction of sp³-hybridized carbons (Fsp3) is 0.0714. The van der Waals surface area contributed by atoms with Gasteiger partial charge in [-0.05, 0) is 58.8 Å². The van der Waals surface area contributed by atoms with Crippen molar-refractivity contribution < 1.29 is 23.8 Å². The number of hydrogen-bond acceptors (Lipinski definition) is 4. The normalized spacial score (nSPS) is 17.4. The summed E-state index contributed by atoms with van der Waals surface area (Å²) in [4.78, 5) is 27.7. The fourth-order valence-electron chi connectivity index (χ4n) is 4.29. The number of Topliss-reactive ketones (excluding diaryl/α,β-unsaturated/α-hetero) is 1. The molecule has 168 valence electrons. The number of carbonyl (C=O) groups excluding carboxylic acids is 2. The number of hydrogen-bond donors (Lipinski definition) is 1. The highest BCUT2D eigenvalue weighted by Gasteiger charge is 2.47. The molecule has 1 fully saturated rings. The first-order chi connectivity index (χ1) is 16.5. The number of halogens is 1. The van der Waals surface area contributed by atoms with Crippen molar-refractivity contribution in [2.45, 2.75) is 6.04 Å². The number of carbonyl (C=O) groups is 2. The van der Waals surface area contributed by atoms with Crippen molar-refractivity contribution in [3.8, 4) is 5.75 Å². The van der Waals surface area contributed by atoms with Gasteiger partial charge in [0.05, 0.1) is 18.7 Å². The second-order valence-corrected chi connectivity index (χ2v) is 7.98. The van der Waals surface area contributed by atoms with Crippen LogP contribution in [0.15, 0.2) is 96.6 Å². The van der Waals surface area contributed by atoms with Crippen molar-refractivity contribution in [3.05, 3.63) is 114 Å². The number of methoxy groups -OCH3 is 1. The molecule has 1 unspecified atom stereocenters. The molecule has 1 amide bonds. The van der Waals surface area contributed by atoms with Crippen LogP contribution < -0.4 is 9.64 Å². The molecule has 1 heterocycles. The van der Waals surface area contributed by atoms with E-state index in [0.29, 0.717) is 22.6 Å². The van der Waals surface area contributed by atoms with Gasteiger partial charge in [0.25, 0.3) is 11.7 Å². The van der Waals surface area contributed by atoms with Gasteiger partial charge in [0.1, 0.15) is 17.3 Å². The zero-order chi connectivity index (χ0) is 23.8. The summed E-state index contributed by atoms with van der Waals surface area (Å²) in [5.41, 5.74) is 1.35. The molecule has 1 atom stereocenters. The number of rotatable bonds is 4. The third kappa shape index (κ3) is 3.59. The number of ketones is 1. The van der Waals surface area contributed by atoms with Crippen LogP contribution in [0, 0.1) is 5.82 Å². The summed E-state index contributed by atoms with van der Waals surface area (Å²) in [7, 11) is 1.54. The summed E-state index contributed by atoms with van der Waals surface area (Å²) in [5, 5.41) is 13.2. The molecular formula is C28H20FNO4. The molecule has 5 rings (SSSR count). The molecule has 0 saturated carbocycles. The van der Waals surface area contributed by atoms with Crippen molar-refractivity contribution in [1.82, 2.24) is 0 Å². The number of nitrogens with zero attached hydrogens (tertiary/aromatic N) is 1. The Morgan fingerprint density at radius 2 is 1.56 bits per heavy atom. The monoisotopic (exact) mass is 453 g/mol. The molecule has 1 aliphatic heterocycles. The fourth-order valence-corrected chi connectivity index (χ4v) is 4.29. The van der Waals surface area contributed by atoms with Crippen LogP contribution in [-0.4, -0.2) is 23.9 Å². The van der Waals surface area contributed by atoms with Gasteiger partial charge in [0.15, 0.2) is 0 Å². The molecule has 34 heavy (non-hydrogen) atoms. The first-order valence-corrected chi connectivity index (χ1v) is 10.7. The van der Waals surface area contributed by atoms with Crippen LogP contribution in [0.2, 0.25) is 0 Å². The Kier molecular flexibility index (Phi) is 5.34. The van der Waals surface area contributed by atoms with Crippen LogP contribution in [0.25, 0.3) is 16.5 Å². The number of aliphatic hydroxyl groups excluding tert-OH is 1. The topological polar surface area (TPSA) is 66.8 Å². The molecule has 0 aromatic heterocycles. The molecule has 0 spiro atoms. The van der Waals surface area contributed by atoms with Crippen LogP contribution in [0.4, 0.5) is 10.1 Å². The zero-order valence-corrected chi connectivity index (χ0v) is 18.2. The van der Waals surface area contributed by atoms with Gasteiger partial charge in [-0.2, -0.15) is 0 Å². The maximum Gasteiger partial charge on any atom is 0.300 e.